The van der Waals surface area contributed by atoms with Crippen LogP contribution in [-0.4, -0.2) is 45.2 Å². The summed E-state index contributed by atoms with van der Waals surface area (Å²) in [5.41, 5.74) is 1.97. The second-order valence-corrected chi connectivity index (χ2v) is 5.23. The lowest BCUT2D eigenvalue weighted by Crippen LogP contribution is -2.35. The van der Waals surface area contributed by atoms with Gasteiger partial charge < -0.3 is 5.32 Å². The molecule has 0 radical (unpaired) electrons. The Morgan fingerprint density at radius 1 is 1.24 bits per heavy atom. The van der Waals surface area contributed by atoms with Crippen LogP contribution < -0.4 is 5.32 Å². The maximum absolute atomic E-state index is 12.0. The molecule has 0 aliphatic carbocycles. The minimum atomic E-state index is 0.0743. The van der Waals surface area contributed by atoms with Crippen LogP contribution in [0.3, 0.4) is 0 Å². The number of para-hydroxylation sites is 1. The van der Waals surface area contributed by atoms with E-state index in [1.165, 1.54) is 19.2 Å². The van der Waals surface area contributed by atoms with Gasteiger partial charge in [0.25, 0.3) is 0 Å². The molecule has 2 aromatic rings. The van der Waals surface area contributed by atoms with Crippen molar-refractivity contribution < 1.29 is 4.79 Å². The molecule has 0 spiro atoms. The van der Waals surface area contributed by atoms with E-state index in [9.17, 15) is 4.79 Å². The van der Waals surface area contributed by atoms with E-state index in [1.54, 1.807) is 11.0 Å². The number of nitrogens with one attached hydrogen (secondary N) is 1. The second kappa shape index (κ2) is 6.49. The molecule has 1 amide bonds. The average Bonchev–Trinajstić information content (AvgIpc) is 3.18. The fourth-order valence-electron chi connectivity index (χ4n) is 2.61. The Balaban J connectivity index is 1.61. The maximum atomic E-state index is 12.0. The minimum absolute atomic E-state index is 0.0743. The topological polar surface area (TPSA) is 63.1 Å². The first-order valence-electron chi connectivity index (χ1n) is 7.25. The van der Waals surface area contributed by atoms with Gasteiger partial charge in [-0.3, -0.25) is 9.69 Å². The van der Waals surface area contributed by atoms with Gasteiger partial charge >= 0.3 is 0 Å². The molecule has 1 aromatic carbocycles. The molecule has 2 heterocycles. The van der Waals surface area contributed by atoms with E-state index in [0.717, 1.165) is 24.3 Å². The van der Waals surface area contributed by atoms with Crippen LogP contribution in [0.25, 0.3) is 5.69 Å². The van der Waals surface area contributed by atoms with Crippen molar-refractivity contribution in [1.82, 2.24) is 25.0 Å². The smallest absolute Gasteiger partial charge is 0.234 e. The fraction of sp³-hybridized carbons (Fsp3) is 0.400. The monoisotopic (exact) mass is 285 g/mol. The Labute approximate surface area is 123 Å². The standard InChI is InChI=1S/C15H19N5O/c21-15(10-19-7-3-4-8-19)17-9-13-5-1-2-6-14(13)20-12-16-11-18-20/h1-2,5-6,11-12H,3-4,7-10H2,(H,17,21). The van der Waals surface area contributed by atoms with Gasteiger partial charge in [-0.05, 0) is 37.6 Å². The molecule has 0 bridgehead atoms. The molecule has 110 valence electrons. The molecule has 0 saturated carbocycles. The number of amides is 1. The maximum Gasteiger partial charge on any atom is 0.234 e. The minimum Gasteiger partial charge on any atom is -0.351 e. The Hall–Kier alpha value is -2.21. The van der Waals surface area contributed by atoms with Crippen LogP contribution >= 0.6 is 0 Å². The Morgan fingerprint density at radius 2 is 2.05 bits per heavy atom. The first kappa shape index (κ1) is 13.8. The van der Waals surface area contributed by atoms with Crippen LogP contribution in [-0.2, 0) is 11.3 Å². The Kier molecular flexibility index (Phi) is 4.25. The summed E-state index contributed by atoms with van der Waals surface area (Å²) in [6, 6.07) is 7.87. The van der Waals surface area contributed by atoms with Crippen LogP contribution in [0, 0.1) is 0 Å². The predicted molar refractivity (Wildman–Crippen MR) is 78.9 cm³/mol. The molecule has 6 heteroatoms. The molecule has 1 aliphatic rings. The van der Waals surface area contributed by atoms with Gasteiger partial charge in [-0.1, -0.05) is 18.2 Å². The van der Waals surface area contributed by atoms with Gasteiger partial charge in [-0.2, -0.15) is 5.10 Å². The molecular formula is C15H19N5O. The van der Waals surface area contributed by atoms with Crippen molar-refractivity contribution in [2.45, 2.75) is 19.4 Å². The predicted octanol–water partition coefficient (Wildman–Crippen LogP) is 0.979. The summed E-state index contributed by atoms with van der Waals surface area (Å²) < 4.78 is 1.71. The quantitative estimate of drug-likeness (QED) is 0.889. The van der Waals surface area contributed by atoms with E-state index in [2.05, 4.69) is 20.3 Å². The third-order valence-electron chi connectivity index (χ3n) is 3.70. The molecule has 1 aliphatic heterocycles. The Bertz CT molecular complexity index is 590. The summed E-state index contributed by atoms with van der Waals surface area (Å²) in [4.78, 5) is 18.1. The van der Waals surface area contributed by atoms with E-state index in [0.29, 0.717) is 13.1 Å². The zero-order chi connectivity index (χ0) is 14.5. The van der Waals surface area contributed by atoms with Crippen molar-refractivity contribution in [1.29, 1.82) is 0 Å². The zero-order valence-corrected chi connectivity index (χ0v) is 11.9. The Morgan fingerprint density at radius 3 is 2.81 bits per heavy atom. The van der Waals surface area contributed by atoms with E-state index < -0.39 is 0 Å². The number of aromatic nitrogens is 3. The first-order valence-corrected chi connectivity index (χ1v) is 7.25. The molecule has 1 aromatic heterocycles. The van der Waals surface area contributed by atoms with Gasteiger partial charge in [0.2, 0.25) is 5.91 Å². The van der Waals surface area contributed by atoms with E-state index >= 15 is 0 Å². The number of hydrogen-bond acceptors (Lipinski definition) is 4. The fourth-order valence-corrected chi connectivity index (χ4v) is 2.61. The van der Waals surface area contributed by atoms with Crippen LogP contribution in [0.2, 0.25) is 0 Å². The summed E-state index contributed by atoms with van der Waals surface area (Å²) in [6.07, 6.45) is 5.55. The van der Waals surface area contributed by atoms with E-state index in [-0.39, 0.29) is 5.91 Å². The molecule has 6 nitrogen and oxygen atoms in total. The molecule has 21 heavy (non-hydrogen) atoms. The lowest BCUT2D eigenvalue weighted by Gasteiger charge is -2.15. The number of nitrogens with zero attached hydrogens (tertiary/aromatic N) is 4. The first-order chi connectivity index (χ1) is 10.3. The summed E-state index contributed by atoms with van der Waals surface area (Å²) in [7, 11) is 0. The third-order valence-corrected chi connectivity index (χ3v) is 3.70. The molecule has 0 unspecified atom stereocenters. The van der Waals surface area contributed by atoms with E-state index in [4.69, 9.17) is 0 Å². The summed E-state index contributed by atoms with van der Waals surface area (Å²) in [6.45, 7) is 3.06. The van der Waals surface area contributed by atoms with Crippen molar-refractivity contribution in [2.24, 2.45) is 0 Å². The number of carbonyl (C=O) groups excluding carboxylic acids is 1. The number of likely N-dealkylation sites (tertiary alicyclic amines) is 1. The van der Waals surface area contributed by atoms with E-state index in [1.807, 2.05) is 24.3 Å². The normalized spacial score (nSPS) is 15.2. The highest BCUT2D eigenvalue weighted by Gasteiger charge is 2.15. The zero-order valence-electron chi connectivity index (χ0n) is 11.9. The largest absolute Gasteiger partial charge is 0.351 e. The van der Waals surface area contributed by atoms with Crippen molar-refractivity contribution in [3.63, 3.8) is 0 Å². The third kappa shape index (κ3) is 3.46. The van der Waals surface area contributed by atoms with Crippen LogP contribution in [0.5, 0.6) is 0 Å². The highest BCUT2D eigenvalue weighted by atomic mass is 16.2. The molecule has 1 saturated heterocycles. The van der Waals surface area contributed by atoms with Gasteiger partial charge in [-0.15, -0.1) is 0 Å². The molecule has 3 rings (SSSR count). The lowest BCUT2D eigenvalue weighted by atomic mass is 10.2. The number of benzene rings is 1. The van der Waals surface area contributed by atoms with Crippen LogP contribution in [0.1, 0.15) is 18.4 Å². The van der Waals surface area contributed by atoms with Crippen molar-refractivity contribution in [2.75, 3.05) is 19.6 Å². The summed E-state index contributed by atoms with van der Waals surface area (Å²) in [5.74, 6) is 0.0743. The number of carbonyl (C=O) groups is 1. The second-order valence-electron chi connectivity index (χ2n) is 5.23. The van der Waals surface area contributed by atoms with Crippen LogP contribution in [0.15, 0.2) is 36.9 Å². The molecule has 1 fully saturated rings. The summed E-state index contributed by atoms with van der Waals surface area (Å²) >= 11 is 0. The molecular weight excluding hydrogens is 266 g/mol. The van der Waals surface area contributed by atoms with Gasteiger partial charge in [0.15, 0.2) is 0 Å². The lowest BCUT2D eigenvalue weighted by molar-refractivity contribution is -0.122. The van der Waals surface area contributed by atoms with Crippen LogP contribution in [0.4, 0.5) is 0 Å². The number of hydrogen-bond donors (Lipinski definition) is 1. The average molecular weight is 285 g/mol. The summed E-state index contributed by atoms with van der Waals surface area (Å²) in [5, 5.41) is 7.13. The number of rotatable bonds is 5. The highest BCUT2D eigenvalue weighted by molar-refractivity contribution is 5.78. The molecule has 1 N–H and O–H groups in total. The van der Waals surface area contributed by atoms with Gasteiger partial charge in [-0.25, -0.2) is 9.67 Å². The van der Waals surface area contributed by atoms with Crippen molar-refractivity contribution in [3.05, 3.63) is 42.5 Å². The van der Waals surface area contributed by atoms with Gasteiger partial charge in [0, 0.05) is 6.54 Å². The van der Waals surface area contributed by atoms with Crippen molar-refractivity contribution >= 4 is 5.91 Å². The van der Waals surface area contributed by atoms with Crippen molar-refractivity contribution in [3.8, 4) is 5.69 Å². The van der Waals surface area contributed by atoms with Gasteiger partial charge in [0.05, 0.1) is 12.2 Å². The SMILES string of the molecule is O=C(CN1CCCC1)NCc1ccccc1-n1cncn1. The van der Waals surface area contributed by atoms with Gasteiger partial charge in [0.1, 0.15) is 12.7 Å². The highest BCUT2D eigenvalue weighted by Crippen LogP contribution is 2.12. The molecule has 0 atom stereocenters.